The second kappa shape index (κ2) is 6.96. The molecule has 0 spiro atoms. The van der Waals surface area contributed by atoms with E-state index in [9.17, 15) is 4.79 Å². The van der Waals surface area contributed by atoms with E-state index in [2.05, 4.69) is 37.6 Å². The van der Waals surface area contributed by atoms with E-state index in [1.165, 1.54) is 24.1 Å². The average molecular weight is 348 g/mol. The molecule has 1 fully saturated rings. The van der Waals surface area contributed by atoms with Crippen molar-refractivity contribution in [2.24, 2.45) is 11.8 Å². The highest BCUT2D eigenvalue weighted by Gasteiger charge is 2.25. The Kier molecular flexibility index (Phi) is 5.11. The highest BCUT2D eigenvalue weighted by molar-refractivity contribution is 7.18. The van der Waals surface area contributed by atoms with Crippen molar-refractivity contribution >= 4 is 21.6 Å². The van der Waals surface area contributed by atoms with Gasteiger partial charge < -0.3 is 4.98 Å². The summed E-state index contributed by atoms with van der Waals surface area (Å²) in [6, 6.07) is 0.163. The number of aromatic nitrogens is 2. The molecule has 1 aliphatic rings. The molecule has 2 aromatic heterocycles. The van der Waals surface area contributed by atoms with Crippen molar-refractivity contribution in [1.82, 2.24) is 14.9 Å². The van der Waals surface area contributed by atoms with Crippen LogP contribution in [0, 0.1) is 25.7 Å². The zero-order valence-electron chi connectivity index (χ0n) is 15.5. The molecule has 0 radical (unpaired) electrons. The first-order chi connectivity index (χ1) is 11.4. The highest BCUT2D eigenvalue weighted by atomic mass is 32.1. The van der Waals surface area contributed by atoms with Crippen LogP contribution in [0.25, 0.3) is 10.2 Å². The summed E-state index contributed by atoms with van der Waals surface area (Å²) in [5.41, 5.74) is 1.08. The molecule has 0 aromatic carbocycles. The van der Waals surface area contributed by atoms with Crippen molar-refractivity contribution in [1.29, 1.82) is 0 Å². The highest BCUT2D eigenvalue weighted by Crippen LogP contribution is 2.30. The Bertz CT molecular complexity index is 777. The third kappa shape index (κ3) is 3.29. The normalized spacial score (nSPS) is 21.3. The molecule has 132 valence electrons. The van der Waals surface area contributed by atoms with Gasteiger partial charge in [-0.05, 0) is 70.5 Å². The fourth-order valence-corrected chi connectivity index (χ4v) is 4.88. The molecule has 0 aliphatic carbocycles. The van der Waals surface area contributed by atoms with Crippen LogP contribution in [0.5, 0.6) is 0 Å². The molecule has 5 heteroatoms. The minimum atomic E-state index is 0.0126. The first-order valence-electron chi connectivity index (χ1n) is 9.12. The molecule has 4 nitrogen and oxygen atoms in total. The van der Waals surface area contributed by atoms with E-state index in [0.29, 0.717) is 0 Å². The molecule has 0 unspecified atom stereocenters. The number of aromatic amines is 1. The van der Waals surface area contributed by atoms with Gasteiger partial charge in [-0.1, -0.05) is 13.8 Å². The zero-order valence-corrected chi connectivity index (χ0v) is 16.3. The van der Waals surface area contributed by atoms with Gasteiger partial charge in [0, 0.05) is 4.88 Å². The monoisotopic (exact) mass is 347 g/mol. The van der Waals surface area contributed by atoms with Gasteiger partial charge in [-0.2, -0.15) is 0 Å². The predicted octanol–water partition coefficient (Wildman–Crippen LogP) is 4.42. The fraction of sp³-hybridized carbons (Fsp3) is 0.684. The van der Waals surface area contributed by atoms with E-state index in [1.807, 2.05) is 6.92 Å². The number of nitrogens with one attached hydrogen (secondary N) is 1. The standard InChI is InChI=1S/C19H29N3OS/c1-11(2)15-7-6-9-22(10-8-15)13(4)17-20-18(23)16-12(3)14(5)24-19(16)21-17/h11,13,15H,6-10H2,1-5H3,(H,20,21,23)/t13-,15+/m0/s1. The lowest BCUT2D eigenvalue weighted by Crippen LogP contribution is -2.30. The summed E-state index contributed by atoms with van der Waals surface area (Å²) in [6.45, 7) is 13.1. The van der Waals surface area contributed by atoms with Gasteiger partial charge in [0.1, 0.15) is 10.7 Å². The Morgan fingerprint density at radius 3 is 2.67 bits per heavy atom. The number of fused-ring (bicyclic) bond motifs is 1. The molecule has 3 heterocycles. The maximum absolute atomic E-state index is 12.5. The summed E-state index contributed by atoms with van der Waals surface area (Å²) in [6.07, 6.45) is 3.79. The maximum atomic E-state index is 12.5. The van der Waals surface area contributed by atoms with Crippen LogP contribution in [0.15, 0.2) is 4.79 Å². The molecule has 1 aliphatic heterocycles. The van der Waals surface area contributed by atoms with Gasteiger partial charge in [0.2, 0.25) is 0 Å². The van der Waals surface area contributed by atoms with Crippen LogP contribution < -0.4 is 5.56 Å². The number of likely N-dealkylation sites (tertiary alicyclic amines) is 1. The minimum Gasteiger partial charge on any atom is -0.309 e. The maximum Gasteiger partial charge on any atom is 0.259 e. The second-order valence-corrected chi connectivity index (χ2v) is 8.76. The Morgan fingerprint density at radius 2 is 1.96 bits per heavy atom. The number of nitrogens with zero attached hydrogens (tertiary/aromatic N) is 2. The van der Waals surface area contributed by atoms with Crippen LogP contribution in [0.1, 0.15) is 62.3 Å². The molecule has 3 rings (SSSR count). The predicted molar refractivity (Wildman–Crippen MR) is 102 cm³/mol. The van der Waals surface area contributed by atoms with Crippen LogP contribution in [-0.2, 0) is 0 Å². The third-order valence-electron chi connectivity index (χ3n) is 5.75. The Balaban J connectivity index is 1.86. The van der Waals surface area contributed by atoms with Gasteiger partial charge in [-0.3, -0.25) is 9.69 Å². The summed E-state index contributed by atoms with van der Waals surface area (Å²) >= 11 is 1.63. The van der Waals surface area contributed by atoms with Crippen LogP contribution in [0.3, 0.4) is 0 Å². The fourth-order valence-electron chi connectivity index (χ4n) is 3.84. The van der Waals surface area contributed by atoms with Crippen molar-refractivity contribution in [3.63, 3.8) is 0 Å². The van der Waals surface area contributed by atoms with E-state index in [4.69, 9.17) is 4.98 Å². The zero-order chi connectivity index (χ0) is 17.4. The third-order valence-corrected chi connectivity index (χ3v) is 6.85. The van der Waals surface area contributed by atoms with E-state index in [-0.39, 0.29) is 11.6 Å². The average Bonchev–Trinajstić information content (AvgIpc) is 2.72. The SMILES string of the molecule is Cc1sc2nc([C@H](C)N3CCC[C@@H](C(C)C)CC3)[nH]c(=O)c2c1C. The second-order valence-electron chi connectivity index (χ2n) is 7.56. The number of hydrogen-bond donors (Lipinski definition) is 1. The molecule has 0 amide bonds. The topological polar surface area (TPSA) is 49.0 Å². The molecule has 24 heavy (non-hydrogen) atoms. The molecule has 1 N–H and O–H groups in total. The molecule has 2 atom stereocenters. The Hall–Kier alpha value is -1.20. The van der Waals surface area contributed by atoms with E-state index in [0.717, 1.165) is 46.5 Å². The lowest BCUT2D eigenvalue weighted by atomic mass is 9.89. The van der Waals surface area contributed by atoms with Crippen molar-refractivity contribution in [2.45, 2.75) is 59.9 Å². The summed E-state index contributed by atoms with van der Waals surface area (Å²) in [4.78, 5) is 24.9. The number of rotatable bonds is 3. The molecule has 0 bridgehead atoms. The van der Waals surface area contributed by atoms with Gasteiger partial charge in [0.25, 0.3) is 5.56 Å². The van der Waals surface area contributed by atoms with Crippen LogP contribution in [0.2, 0.25) is 0 Å². The summed E-state index contributed by atoms with van der Waals surface area (Å²) in [7, 11) is 0. The molecular weight excluding hydrogens is 318 g/mol. The quantitative estimate of drug-likeness (QED) is 0.894. The van der Waals surface area contributed by atoms with Crippen molar-refractivity contribution in [2.75, 3.05) is 13.1 Å². The summed E-state index contributed by atoms with van der Waals surface area (Å²) in [5, 5.41) is 0.768. The van der Waals surface area contributed by atoms with Crippen LogP contribution in [-0.4, -0.2) is 28.0 Å². The molecule has 0 saturated carbocycles. The largest absolute Gasteiger partial charge is 0.309 e. The minimum absolute atomic E-state index is 0.0126. The van der Waals surface area contributed by atoms with Gasteiger partial charge in [0.15, 0.2) is 0 Å². The van der Waals surface area contributed by atoms with Crippen molar-refractivity contribution in [3.8, 4) is 0 Å². The Morgan fingerprint density at radius 1 is 1.21 bits per heavy atom. The van der Waals surface area contributed by atoms with Crippen molar-refractivity contribution in [3.05, 3.63) is 26.6 Å². The van der Waals surface area contributed by atoms with Crippen molar-refractivity contribution < 1.29 is 0 Å². The smallest absolute Gasteiger partial charge is 0.259 e. The number of thiophene rings is 1. The van der Waals surface area contributed by atoms with Gasteiger partial charge in [0.05, 0.1) is 11.4 Å². The number of aryl methyl sites for hydroxylation is 2. The van der Waals surface area contributed by atoms with E-state index < -0.39 is 0 Å². The van der Waals surface area contributed by atoms with Crippen LogP contribution >= 0.6 is 11.3 Å². The van der Waals surface area contributed by atoms with E-state index >= 15 is 0 Å². The lowest BCUT2D eigenvalue weighted by molar-refractivity contribution is 0.205. The lowest BCUT2D eigenvalue weighted by Gasteiger charge is -2.27. The van der Waals surface area contributed by atoms with Crippen LogP contribution in [0.4, 0.5) is 0 Å². The number of hydrogen-bond acceptors (Lipinski definition) is 4. The van der Waals surface area contributed by atoms with E-state index in [1.54, 1.807) is 11.3 Å². The first-order valence-corrected chi connectivity index (χ1v) is 9.94. The van der Waals surface area contributed by atoms with Gasteiger partial charge >= 0.3 is 0 Å². The van der Waals surface area contributed by atoms with Gasteiger partial charge in [-0.15, -0.1) is 11.3 Å². The summed E-state index contributed by atoms with van der Waals surface area (Å²) in [5.74, 6) is 2.39. The van der Waals surface area contributed by atoms with Gasteiger partial charge in [-0.25, -0.2) is 4.98 Å². The first kappa shape index (κ1) is 17.6. The molecule has 1 saturated heterocycles. The molecular formula is C19H29N3OS. The Labute approximate surface area is 148 Å². The summed E-state index contributed by atoms with van der Waals surface area (Å²) < 4.78 is 0. The number of H-pyrrole nitrogens is 1. The molecule has 2 aromatic rings.